The summed E-state index contributed by atoms with van der Waals surface area (Å²) >= 11 is 0. The zero-order chi connectivity index (χ0) is 53.2. The number of ether oxygens (including phenoxy) is 2. The molecule has 6 aliphatic rings. The number of aliphatic hydroxyl groups excluding tert-OH is 1. The van der Waals surface area contributed by atoms with Crippen molar-refractivity contribution in [3.63, 3.8) is 0 Å². The van der Waals surface area contributed by atoms with Crippen LogP contribution in [0.2, 0.25) is 0 Å². The average molecular weight is 1050 g/mol. The number of rotatable bonds is 13. The van der Waals surface area contributed by atoms with Gasteiger partial charge in [-0.2, -0.15) is 5.10 Å². The quantitative estimate of drug-likeness (QED) is 0.0900. The minimum Gasteiger partial charge on any atom is -0.488 e. The lowest BCUT2D eigenvalue weighted by Crippen LogP contribution is -2.57. The van der Waals surface area contributed by atoms with Crippen molar-refractivity contribution >= 4 is 40.5 Å². The summed E-state index contributed by atoms with van der Waals surface area (Å²) in [6.45, 7) is 6.84. The SMILES string of the molecule is Cc1c(F)cc2c(c1-c1c(C(N)=O)ccc(OCCO)c1F)C(C)[C@@](CNC1CCC(C(=O)N3CCC4(CC3)CC(N3CCC(c5cc6c(cc5F)c(N5CCC(=O)NC5=O)nn6C)CC3)C4)CC1)(c1ccccc1)O2. The number of benzene rings is 4. The Kier molecular flexibility index (Phi) is 13.9. The van der Waals surface area contributed by atoms with Gasteiger partial charge in [0.25, 0.3) is 0 Å². The number of hydrogen-bond acceptors (Lipinski definition) is 10. The summed E-state index contributed by atoms with van der Waals surface area (Å²) in [4.78, 5) is 57.3. The van der Waals surface area contributed by atoms with Crippen LogP contribution in [-0.4, -0.2) is 113 Å². The molecule has 402 valence electrons. The summed E-state index contributed by atoms with van der Waals surface area (Å²) in [7, 11) is 1.79. The van der Waals surface area contributed by atoms with Crippen molar-refractivity contribution in [2.24, 2.45) is 24.1 Å². The van der Waals surface area contributed by atoms with Gasteiger partial charge in [-0.3, -0.25) is 29.3 Å². The minimum absolute atomic E-state index is 0.0508. The molecule has 4 aromatic carbocycles. The van der Waals surface area contributed by atoms with Crippen LogP contribution < -0.4 is 30.7 Å². The van der Waals surface area contributed by atoms with Crippen molar-refractivity contribution in [1.82, 2.24) is 30.2 Å². The van der Waals surface area contributed by atoms with E-state index >= 15 is 13.2 Å². The van der Waals surface area contributed by atoms with E-state index in [0.717, 1.165) is 101 Å². The zero-order valence-corrected chi connectivity index (χ0v) is 43.4. The normalized spacial score (nSPS) is 24.1. The molecule has 1 aromatic heterocycles. The molecule has 3 saturated heterocycles. The third-order valence-corrected chi connectivity index (χ3v) is 18.1. The number of halogens is 3. The number of amides is 5. The standard InChI is InChI=1S/C58H67F3N8O7/c1-33-43(59)29-47-50(49(33)51-40(53(62)72)13-14-46(52(51)61)75-26-25-70)34(2)58(76-47,37-7-5-4-6-8-37)32-63-38-11-9-36(10-12-38)55(73)68-23-18-57(19-24-68)30-39(31-57)67-20-15-35(16-21-67)41-28-45-42(27-44(41)60)54(65-66(45)3)69-22-17-48(71)64-56(69)74/h4-8,13-14,27-29,34-36,38-39,63,70H,9-12,15-26,30-32H2,1-3H3,(H2,62,72)(H,64,71,74)/t34?,36?,38?,58-/m0/s1. The van der Waals surface area contributed by atoms with Crippen molar-refractivity contribution in [3.05, 3.63) is 106 Å². The van der Waals surface area contributed by atoms with Gasteiger partial charge < -0.3 is 35.4 Å². The molecule has 5 N–H and O–H groups in total. The maximum atomic E-state index is 16.6. The van der Waals surface area contributed by atoms with Crippen LogP contribution in [0.5, 0.6) is 11.5 Å². The number of likely N-dealkylation sites (tertiary alicyclic amines) is 2. The molecule has 1 spiro atoms. The first-order valence-corrected chi connectivity index (χ1v) is 27.1. The van der Waals surface area contributed by atoms with E-state index in [-0.39, 0.29) is 101 Å². The molecule has 15 nitrogen and oxygen atoms in total. The fraction of sp³-hybridized carbons (Fsp3) is 0.500. The number of aromatic nitrogens is 2. The van der Waals surface area contributed by atoms with Crippen LogP contribution in [0.4, 0.5) is 23.8 Å². The fourth-order valence-electron chi connectivity index (χ4n) is 13.7. The third-order valence-electron chi connectivity index (χ3n) is 18.1. The second-order valence-corrected chi connectivity index (χ2v) is 22.3. The Labute approximate surface area is 440 Å². The molecule has 11 rings (SSSR count). The predicted octanol–water partition coefficient (Wildman–Crippen LogP) is 8.07. The molecule has 0 radical (unpaired) electrons. The Hall–Kier alpha value is -6.50. The van der Waals surface area contributed by atoms with Gasteiger partial charge in [0.05, 0.1) is 17.7 Å². The first-order chi connectivity index (χ1) is 36.6. The zero-order valence-electron chi connectivity index (χ0n) is 43.4. The summed E-state index contributed by atoms with van der Waals surface area (Å²) < 4.78 is 62.5. The van der Waals surface area contributed by atoms with E-state index in [9.17, 15) is 24.3 Å². The number of piperidine rings is 2. The molecule has 2 saturated carbocycles. The van der Waals surface area contributed by atoms with Crippen molar-refractivity contribution in [2.45, 2.75) is 114 Å². The predicted molar refractivity (Wildman–Crippen MR) is 280 cm³/mol. The highest BCUT2D eigenvalue weighted by molar-refractivity contribution is 6.09. The minimum atomic E-state index is -1.05. The number of carbonyl (C=O) groups excluding carboxylic acids is 4. The molecule has 1 unspecified atom stereocenters. The van der Waals surface area contributed by atoms with Crippen LogP contribution in [-0.2, 0) is 22.2 Å². The highest BCUT2D eigenvalue weighted by Crippen LogP contribution is 2.56. The molecule has 5 fully saturated rings. The van der Waals surface area contributed by atoms with Crippen LogP contribution in [0.3, 0.4) is 0 Å². The van der Waals surface area contributed by atoms with E-state index in [1.807, 2.05) is 43.3 Å². The first kappa shape index (κ1) is 51.6. The van der Waals surface area contributed by atoms with E-state index < -0.39 is 35.1 Å². The molecular formula is C58H67F3N8O7. The van der Waals surface area contributed by atoms with Gasteiger partial charge in [-0.25, -0.2) is 18.0 Å². The van der Waals surface area contributed by atoms with E-state index in [2.05, 4.69) is 25.5 Å². The Morgan fingerprint density at radius 2 is 1.64 bits per heavy atom. The van der Waals surface area contributed by atoms with Gasteiger partial charge in [-0.1, -0.05) is 37.3 Å². The molecule has 5 aromatic rings. The number of urea groups is 1. The number of aryl methyl sites for hydroxylation is 1. The molecule has 2 aliphatic carbocycles. The van der Waals surface area contributed by atoms with Gasteiger partial charge in [0.15, 0.2) is 23.0 Å². The Morgan fingerprint density at radius 1 is 0.921 bits per heavy atom. The summed E-state index contributed by atoms with van der Waals surface area (Å²) in [5.41, 5.74) is 7.83. The third kappa shape index (κ3) is 9.16. The number of nitrogens with two attached hydrogens (primary N) is 1. The smallest absolute Gasteiger partial charge is 0.329 e. The second-order valence-electron chi connectivity index (χ2n) is 22.3. The van der Waals surface area contributed by atoms with Gasteiger partial charge >= 0.3 is 6.03 Å². The molecule has 2 atom stereocenters. The second kappa shape index (κ2) is 20.5. The van der Waals surface area contributed by atoms with Gasteiger partial charge in [-0.15, -0.1) is 0 Å². The van der Waals surface area contributed by atoms with Crippen LogP contribution in [0, 0.1) is 35.7 Å². The van der Waals surface area contributed by atoms with Gasteiger partial charge in [0.2, 0.25) is 17.7 Å². The van der Waals surface area contributed by atoms with Gasteiger partial charge in [-0.05, 0) is 142 Å². The summed E-state index contributed by atoms with van der Waals surface area (Å²) in [5.74, 6) is -2.85. The Bertz CT molecular complexity index is 3080. The topological polar surface area (TPSA) is 185 Å². The van der Waals surface area contributed by atoms with E-state index in [1.165, 1.54) is 29.2 Å². The number of carbonyl (C=O) groups is 4. The van der Waals surface area contributed by atoms with Crippen molar-refractivity contribution in [2.75, 3.05) is 57.4 Å². The number of primary amides is 1. The lowest BCUT2D eigenvalue weighted by molar-refractivity contribution is -0.141. The molecule has 18 heteroatoms. The van der Waals surface area contributed by atoms with E-state index in [1.54, 1.807) is 18.7 Å². The fourth-order valence-corrected chi connectivity index (χ4v) is 13.7. The van der Waals surface area contributed by atoms with Crippen LogP contribution >= 0.6 is 0 Å². The molecule has 4 aliphatic heterocycles. The number of nitrogens with one attached hydrogen (secondary N) is 2. The maximum absolute atomic E-state index is 16.6. The van der Waals surface area contributed by atoms with Crippen molar-refractivity contribution in [3.8, 4) is 22.6 Å². The Morgan fingerprint density at radius 3 is 2.33 bits per heavy atom. The molecule has 5 amide bonds. The number of nitrogens with zero attached hydrogens (tertiary/aromatic N) is 5. The van der Waals surface area contributed by atoms with Crippen molar-refractivity contribution in [1.29, 1.82) is 0 Å². The molecule has 0 bridgehead atoms. The highest BCUT2D eigenvalue weighted by Gasteiger charge is 2.51. The lowest BCUT2D eigenvalue weighted by atomic mass is 9.59. The molecular weight excluding hydrogens is 978 g/mol. The molecule has 5 heterocycles. The van der Waals surface area contributed by atoms with Crippen molar-refractivity contribution < 1.29 is 46.9 Å². The van der Waals surface area contributed by atoms with Crippen LogP contribution in [0.15, 0.2) is 60.7 Å². The number of anilines is 1. The molecule has 76 heavy (non-hydrogen) atoms. The highest BCUT2D eigenvalue weighted by atomic mass is 19.1. The summed E-state index contributed by atoms with van der Waals surface area (Å²) in [6, 6.07) is 17.1. The lowest BCUT2D eigenvalue weighted by Gasteiger charge is -2.56. The van der Waals surface area contributed by atoms with Crippen LogP contribution in [0.25, 0.3) is 22.0 Å². The van der Waals surface area contributed by atoms with E-state index in [0.29, 0.717) is 34.9 Å². The number of hydrogen-bond donors (Lipinski definition) is 4. The van der Waals surface area contributed by atoms with Gasteiger partial charge in [0.1, 0.15) is 24.0 Å². The van der Waals surface area contributed by atoms with E-state index in [4.69, 9.17) is 15.2 Å². The summed E-state index contributed by atoms with van der Waals surface area (Å²) in [6.07, 6.45) is 9.21. The van der Waals surface area contributed by atoms with Crippen LogP contribution in [0.1, 0.15) is 122 Å². The number of fused-ring (bicyclic) bond motifs is 2. The monoisotopic (exact) mass is 1040 g/mol. The summed E-state index contributed by atoms with van der Waals surface area (Å²) in [5, 5.41) is 20.6. The maximum Gasteiger partial charge on any atom is 0.329 e. The largest absolute Gasteiger partial charge is 0.488 e. The average Bonchev–Trinajstić information content (AvgIpc) is 3.97. The Balaban J connectivity index is 0.684. The number of aliphatic hydroxyl groups is 1. The van der Waals surface area contributed by atoms with Gasteiger partial charge in [0, 0.05) is 86.1 Å². The number of imide groups is 1. The first-order valence-electron chi connectivity index (χ1n) is 27.1.